The number of ether oxygens (including phenoxy) is 1. The number of carbonyl (C=O) groups excluding carboxylic acids is 1. The van der Waals surface area contributed by atoms with Crippen molar-refractivity contribution in [2.45, 2.75) is 13.1 Å². The third-order valence-corrected chi connectivity index (χ3v) is 3.06. The van der Waals surface area contributed by atoms with Crippen molar-refractivity contribution in [2.24, 2.45) is 0 Å². The molecular formula is C15H12F3N3O4. The lowest BCUT2D eigenvalue weighted by molar-refractivity contribution is -0.144. The summed E-state index contributed by atoms with van der Waals surface area (Å²) in [6, 6.07) is 7.25. The number of alkyl halides is 3. The summed E-state index contributed by atoms with van der Waals surface area (Å²) in [5.41, 5.74) is -3.69. The van der Waals surface area contributed by atoms with Gasteiger partial charge in [0, 0.05) is 5.57 Å². The monoisotopic (exact) mass is 355 g/mol. The first-order valence-electron chi connectivity index (χ1n) is 6.95. The van der Waals surface area contributed by atoms with Crippen LogP contribution in [0.3, 0.4) is 0 Å². The Kier molecular flexibility index (Phi) is 5.20. The van der Waals surface area contributed by atoms with Crippen molar-refractivity contribution < 1.29 is 32.6 Å². The molecule has 1 aromatic carbocycles. The first kappa shape index (κ1) is 18.2. The van der Waals surface area contributed by atoms with Crippen molar-refractivity contribution in [3.63, 3.8) is 0 Å². The number of esters is 1. The second-order valence-corrected chi connectivity index (χ2v) is 4.66. The van der Waals surface area contributed by atoms with Crippen molar-refractivity contribution >= 4 is 17.5 Å². The third-order valence-electron chi connectivity index (χ3n) is 3.06. The van der Waals surface area contributed by atoms with Gasteiger partial charge in [0.25, 0.3) is 0 Å². The molecule has 0 saturated heterocycles. The molecule has 1 heterocycles. The summed E-state index contributed by atoms with van der Waals surface area (Å²) in [5, 5.41) is 17.7. The number of nitrogens with zero attached hydrogens (tertiary/aromatic N) is 2. The van der Waals surface area contributed by atoms with E-state index in [4.69, 9.17) is 0 Å². The third kappa shape index (κ3) is 3.84. The molecule has 0 aliphatic heterocycles. The molecule has 1 aromatic heterocycles. The predicted octanol–water partition coefficient (Wildman–Crippen LogP) is 2.27. The number of carboxylic acid groups (broad SMARTS) is 1. The molecule has 2 aromatic rings. The number of aliphatic carboxylic acids is 1. The quantitative estimate of drug-likeness (QED) is 0.369. The molecule has 0 saturated carbocycles. The van der Waals surface area contributed by atoms with Gasteiger partial charge in [0.05, 0.1) is 6.61 Å². The summed E-state index contributed by atoms with van der Waals surface area (Å²) in [4.78, 5) is 23.6. The highest BCUT2D eigenvalue weighted by Gasteiger charge is 2.40. The summed E-state index contributed by atoms with van der Waals surface area (Å²) in [7, 11) is 0. The first-order chi connectivity index (χ1) is 11.8. The lowest BCUT2D eigenvalue weighted by Crippen LogP contribution is -2.19. The number of aromatic amines is 1. The van der Waals surface area contributed by atoms with Crippen LogP contribution in [0.25, 0.3) is 5.57 Å². The van der Waals surface area contributed by atoms with Gasteiger partial charge in [0.1, 0.15) is 5.69 Å². The van der Waals surface area contributed by atoms with E-state index in [1.54, 1.807) is 6.07 Å². The summed E-state index contributed by atoms with van der Waals surface area (Å²) in [6.45, 7) is 1.29. The van der Waals surface area contributed by atoms with Gasteiger partial charge in [0.15, 0.2) is 11.3 Å². The lowest BCUT2D eigenvalue weighted by Gasteiger charge is -2.12. The summed E-state index contributed by atoms with van der Waals surface area (Å²) in [6.07, 6.45) is -4.90. The van der Waals surface area contributed by atoms with E-state index in [-0.39, 0.29) is 12.2 Å². The number of rotatable bonds is 5. The molecule has 2 N–H and O–H groups in total. The number of halogens is 3. The molecule has 2 rings (SSSR count). The zero-order valence-electron chi connectivity index (χ0n) is 12.8. The van der Waals surface area contributed by atoms with E-state index in [0.29, 0.717) is 0 Å². The minimum absolute atomic E-state index is 0.0485. The Morgan fingerprint density at radius 3 is 2.36 bits per heavy atom. The highest BCUT2D eigenvalue weighted by atomic mass is 19.4. The fourth-order valence-corrected chi connectivity index (χ4v) is 2.11. The fourth-order valence-electron chi connectivity index (χ4n) is 2.11. The van der Waals surface area contributed by atoms with Crippen LogP contribution < -0.4 is 0 Å². The van der Waals surface area contributed by atoms with Crippen LogP contribution in [0.2, 0.25) is 0 Å². The Labute approximate surface area is 139 Å². The van der Waals surface area contributed by atoms with Crippen LogP contribution in [0.1, 0.15) is 23.9 Å². The van der Waals surface area contributed by atoms with E-state index >= 15 is 0 Å². The normalized spacial score (nSPS) is 12.5. The van der Waals surface area contributed by atoms with E-state index in [9.17, 15) is 27.9 Å². The number of hydrogen-bond acceptors (Lipinski definition) is 5. The molecule has 0 amide bonds. The summed E-state index contributed by atoms with van der Waals surface area (Å²) >= 11 is 0. The fraction of sp³-hybridized carbons (Fsp3) is 0.200. The Balaban J connectivity index is 2.84. The second kappa shape index (κ2) is 7.16. The molecule has 25 heavy (non-hydrogen) atoms. The number of benzene rings is 1. The maximum atomic E-state index is 13.2. The molecule has 0 aliphatic rings. The van der Waals surface area contributed by atoms with Gasteiger partial charge >= 0.3 is 18.1 Å². The Bertz CT molecular complexity index is 813. The first-order valence-corrected chi connectivity index (χ1v) is 6.95. The van der Waals surface area contributed by atoms with E-state index in [2.05, 4.69) is 14.9 Å². The van der Waals surface area contributed by atoms with Crippen molar-refractivity contribution in [2.75, 3.05) is 6.61 Å². The molecule has 132 valence electrons. The highest BCUT2D eigenvalue weighted by molar-refractivity contribution is 6.21. The smallest absolute Gasteiger partial charge is 0.437 e. The average Bonchev–Trinajstić information content (AvgIpc) is 3.02. The molecular weight excluding hydrogens is 343 g/mol. The second-order valence-electron chi connectivity index (χ2n) is 4.66. The molecule has 0 aliphatic carbocycles. The van der Waals surface area contributed by atoms with Crippen molar-refractivity contribution in [3.8, 4) is 0 Å². The summed E-state index contributed by atoms with van der Waals surface area (Å²) in [5.74, 6) is -3.02. The molecule has 0 spiro atoms. The maximum absolute atomic E-state index is 13.2. The molecule has 10 heteroatoms. The predicted molar refractivity (Wildman–Crippen MR) is 78.1 cm³/mol. The van der Waals surface area contributed by atoms with Gasteiger partial charge in [-0.15, -0.1) is 0 Å². The van der Waals surface area contributed by atoms with Gasteiger partial charge in [-0.25, -0.2) is 9.59 Å². The summed E-state index contributed by atoms with van der Waals surface area (Å²) < 4.78 is 44.2. The van der Waals surface area contributed by atoms with Crippen molar-refractivity contribution in [1.82, 2.24) is 15.4 Å². The van der Waals surface area contributed by atoms with E-state index in [0.717, 1.165) is 0 Å². The largest absolute Gasteiger partial charge is 0.477 e. The topological polar surface area (TPSA) is 105 Å². The van der Waals surface area contributed by atoms with Gasteiger partial charge in [-0.1, -0.05) is 30.3 Å². The van der Waals surface area contributed by atoms with Gasteiger partial charge in [-0.2, -0.15) is 28.6 Å². The van der Waals surface area contributed by atoms with Gasteiger partial charge < -0.3 is 9.84 Å². The number of hydrogen-bond donors (Lipinski definition) is 2. The van der Waals surface area contributed by atoms with Crippen LogP contribution in [0.4, 0.5) is 13.2 Å². The van der Waals surface area contributed by atoms with Gasteiger partial charge in [-0.3, -0.25) is 0 Å². The van der Waals surface area contributed by atoms with Crippen LogP contribution in [0, 0.1) is 0 Å². The number of carboxylic acids is 1. The Morgan fingerprint density at radius 1 is 1.20 bits per heavy atom. The number of aromatic nitrogens is 3. The van der Waals surface area contributed by atoms with E-state index in [1.807, 2.05) is 5.21 Å². The zero-order valence-corrected chi connectivity index (χ0v) is 12.8. The SMILES string of the molecule is CCOC(=O)/C(C(=O)O)=C(\c1ccccc1)c1n[nH]nc1C(F)(F)F. The molecule has 0 radical (unpaired) electrons. The van der Waals surface area contributed by atoms with Crippen LogP contribution >= 0.6 is 0 Å². The maximum Gasteiger partial charge on any atom is 0.437 e. The van der Waals surface area contributed by atoms with E-state index < -0.39 is 40.6 Å². The van der Waals surface area contributed by atoms with Crippen LogP contribution in [-0.2, 0) is 20.5 Å². The number of nitrogens with one attached hydrogen (secondary N) is 1. The lowest BCUT2D eigenvalue weighted by atomic mass is 9.95. The van der Waals surface area contributed by atoms with Crippen molar-refractivity contribution in [3.05, 3.63) is 52.9 Å². The molecule has 0 unspecified atom stereocenters. The number of H-pyrrole nitrogens is 1. The molecule has 0 atom stereocenters. The van der Waals surface area contributed by atoms with Crippen LogP contribution in [-0.4, -0.2) is 39.1 Å². The number of carbonyl (C=O) groups is 2. The minimum Gasteiger partial charge on any atom is -0.477 e. The van der Waals surface area contributed by atoms with E-state index in [1.165, 1.54) is 31.2 Å². The standard InChI is InChI=1S/C15H12F3N3O4/c1-2-25-14(24)10(13(22)23)9(8-6-4-3-5-7-8)11-12(15(16,17)18)20-21-19-11/h3-7H,2H2,1H3,(H,22,23)(H,19,20,21)/b10-9+. The van der Waals surface area contributed by atoms with Crippen LogP contribution in [0.15, 0.2) is 35.9 Å². The average molecular weight is 355 g/mol. The minimum atomic E-state index is -4.90. The highest BCUT2D eigenvalue weighted by Crippen LogP contribution is 2.36. The Morgan fingerprint density at radius 2 is 1.84 bits per heavy atom. The Hall–Kier alpha value is -3.17. The van der Waals surface area contributed by atoms with Gasteiger partial charge in [0.2, 0.25) is 0 Å². The van der Waals surface area contributed by atoms with Crippen LogP contribution in [0.5, 0.6) is 0 Å². The zero-order chi connectivity index (χ0) is 18.6. The van der Waals surface area contributed by atoms with Crippen molar-refractivity contribution in [1.29, 1.82) is 0 Å². The molecule has 0 fully saturated rings. The molecule has 7 nitrogen and oxygen atoms in total. The molecule has 0 bridgehead atoms. The van der Waals surface area contributed by atoms with Gasteiger partial charge in [-0.05, 0) is 12.5 Å².